The molecular weight excluding hydrogens is 254 g/mol. The van der Waals surface area contributed by atoms with Gasteiger partial charge in [0.05, 0.1) is 13.2 Å². The second kappa shape index (κ2) is 4.57. The average Bonchev–Trinajstić information content (AvgIpc) is 2.74. The van der Waals surface area contributed by atoms with Gasteiger partial charge >= 0.3 is 0 Å². The number of amides is 1. The second-order valence-electron chi connectivity index (χ2n) is 5.99. The van der Waals surface area contributed by atoms with Gasteiger partial charge in [-0.05, 0) is 17.5 Å². The summed E-state index contributed by atoms with van der Waals surface area (Å²) in [5.41, 5.74) is 2.43. The summed E-state index contributed by atoms with van der Waals surface area (Å²) < 4.78 is 12.3. The number of carbonyl (C=O) groups excluding carboxylic acids is 1. The van der Waals surface area contributed by atoms with Crippen LogP contribution in [0.1, 0.15) is 36.8 Å². The predicted octanol–water partition coefficient (Wildman–Crippen LogP) is 2.21. The van der Waals surface area contributed by atoms with Gasteiger partial charge < -0.3 is 14.4 Å². The number of carbonyl (C=O) groups is 1. The normalized spacial score (nSPS) is 28.1. The molecule has 0 bridgehead atoms. The van der Waals surface area contributed by atoms with E-state index in [-0.39, 0.29) is 0 Å². The summed E-state index contributed by atoms with van der Waals surface area (Å²) in [7, 11) is 0. The van der Waals surface area contributed by atoms with E-state index >= 15 is 0 Å². The van der Waals surface area contributed by atoms with Crippen LogP contribution in [-0.2, 0) is 27.5 Å². The van der Waals surface area contributed by atoms with Gasteiger partial charge in [-0.3, -0.25) is 4.79 Å². The number of hydrogen-bond acceptors (Lipinski definition) is 3. The Bertz CT molecular complexity index is 515. The van der Waals surface area contributed by atoms with Crippen LogP contribution in [0.4, 0.5) is 0 Å². The van der Waals surface area contributed by atoms with E-state index < -0.39 is 5.79 Å². The quantitative estimate of drug-likeness (QED) is 0.727. The van der Waals surface area contributed by atoms with E-state index in [2.05, 4.69) is 12.1 Å². The molecule has 0 aromatic heterocycles. The summed E-state index contributed by atoms with van der Waals surface area (Å²) >= 11 is 0. The number of nitrogens with zero attached hydrogens (tertiary/aromatic N) is 1. The van der Waals surface area contributed by atoms with Gasteiger partial charge in [0, 0.05) is 31.8 Å². The van der Waals surface area contributed by atoms with Crippen LogP contribution < -0.4 is 0 Å². The van der Waals surface area contributed by atoms with E-state index in [4.69, 9.17) is 9.47 Å². The van der Waals surface area contributed by atoms with Crippen LogP contribution >= 0.6 is 0 Å². The molecule has 1 spiro atoms. The third kappa shape index (κ3) is 1.95. The largest absolute Gasteiger partial charge is 0.345 e. The Labute approximate surface area is 118 Å². The van der Waals surface area contributed by atoms with E-state index in [9.17, 15) is 4.79 Å². The lowest BCUT2D eigenvalue weighted by Gasteiger charge is -2.42. The fourth-order valence-electron chi connectivity index (χ4n) is 3.63. The van der Waals surface area contributed by atoms with Crippen molar-refractivity contribution < 1.29 is 14.3 Å². The molecule has 1 unspecified atom stereocenters. The van der Waals surface area contributed by atoms with Gasteiger partial charge in [0.1, 0.15) is 0 Å². The van der Waals surface area contributed by atoms with Crippen molar-refractivity contribution in [3.63, 3.8) is 0 Å². The zero-order chi connectivity index (χ0) is 13.6. The molecule has 4 heteroatoms. The SMILES string of the molecule is O=C1CCC2CC3(CCN12)OCc1ccccc1CO3. The van der Waals surface area contributed by atoms with Crippen molar-refractivity contribution in [2.45, 2.75) is 50.7 Å². The molecule has 0 N–H and O–H groups in total. The Morgan fingerprint density at radius 2 is 1.85 bits per heavy atom. The van der Waals surface area contributed by atoms with Gasteiger partial charge in [0.25, 0.3) is 0 Å². The minimum atomic E-state index is -0.495. The summed E-state index contributed by atoms with van der Waals surface area (Å²) in [6, 6.07) is 8.59. The maximum Gasteiger partial charge on any atom is 0.222 e. The highest BCUT2D eigenvalue weighted by Crippen LogP contribution is 2.39. The molecule has 3 aliphatic heterocycles. The Morgan fingerprint density at radius 3 is 2.55 bits per heavy atom. The fourth-order valence-corrected chi connectivity index (χ4v) is 3.63. The van der Waals surface area contributed by atoms with Gasteiger partial charge in [-0.1, -0.05) is 24.3 Å². The van der Waals surface area contributed by atoms with Crippen molar-refractivity contribution in [3.8, 4) is 0 Å². The Hall–Kier alpha value is -1.39. The first-order chi connectivity index (χ1) is 9.76. The molecule has 1 aromatic rings. The molecule has 2 fully saturated rings. The lowest BCUT2D eigenvalue weighted by Crippen LogP contribution is -2.51. The summed E-state index contributed by atoms with van der Waals surface area (Å²) in [5, 5.41) is 0. The van der Waals surface area contributed by atoms with Crippen LogP contribution in [0.3, 0.4) is 0 Å². The molecule has 20 heavy (non-hydrogen) atoms. The molecule has 0 saturated carbocycles. The van der Waals surface area contributed by atoms with Crippen molar-refractivity contribution in [2.75, 3.05) is 6.54 Å². The van der Waals surface area contributed by atoms with Gasteiger partial charge in [0.2, 0.25) is 5.91 Å². The maximum atomic E-state index is 11.8. The van der Waals surface area contributed by atoms with Crippen molar-refractivity contribution in [1.29, 1.82) is 0 Å². The molecule has 3 aliphatic rings. The minimum absolute atomic E-state index is 0.293. The summed E-state index contributed by atoms with van der Waals surface area (Å²) in [6.07, 6.45) is 3.22. The smallest absolute Gasteiger partial charge is 0.222 e. The molecule has 3 heterocycles. The lowest BCUT2D eigenvalue weighted by molar-refractivity contribution is -0.268. The maximum absolute atomic E-state index is 11.8. The van der Waals surface area contributed by atoms with Crippen LogP contribution in [0.15, 0.2) is 24.3 Å². The van der Waals surface area contributed by atoms with Crippen LogP contribution in [0.5, 0.6) is 0 Å². The first-order valence-electron chi connectivity index (χ1n) is 7.40. The third-order valence-corrected chi connectivity index (χ3v) is 4.83. The van der Waals surface area contributed by atoms with E-state index in [1.54, 1.807) is 0 Å². The molecule has 1 amide bonds. The van der Waals surface area contributed by atoms with E-state index in [0.29, 0.717) is 31.6 Å². The average molecular weight is 273 g/mol. The number of rotatable bonds is 0. The van der Waals surface area contributed by atoms with Gasteiger partial charge in [0.15, 0.2) is 5.79 Å². The van der Waals surface area contributed by atoms with E-state index in [0.717, 1.165) is 25.8 Å². The first-order valence-corrected chi connectivity index (χ1v) is 7.40. The van der Waals surface area contributed by atoms with Crippen LogP contribution in [0.2, 0.25) is 0 Å². The topological polar surface area (TPSA) is 38.8 Å². The number of piperidine rings is 1. The van der Waals surface area contributed by atoms with Gasteiger partial charge in [-0.25, -0.2) is 0 Å². The van der Waals surface area contributed by atoms with Crippen molar-refractivity contribution in [1.82, 2.24) is 4.90 Å². The number of benzene rings is 1. The Morgan fingerprint density at radius 1 is 1.15 bits per heavy atom. The molecule has 1 aromatic carbocycles. The monoisotopic (exact) mass is 273 g/mol. The number of ether oxygens (including phenoxy) is 2. The summed E-state index contributed by atoms with van der Waals surface area (Å²) in [4.78, 5) is 13.8. The summed E-state index contributed by atoms with van der Waals surface area (Å²) in [6.45, 7) is 1.98. The molecule has 4 nitrogen and oxygen atoms in total. The minimum Gasteiger partial charge on any atom is -0.345 e. The second-order valence-corrected chi connectivity index (χ2v) is 5.99. The Balaban J connectivity index is 1.54. The van der Waals surface area contributed by atoms with Crippen LogP contribution in [0, 0.1) is 0 Å². The first kappa shape index (κ1) is 12.4. The lowest BCUT2D eigenvalue weighted by atomic mass is 9.96. The fraction of sp³-hybridized carbons (Fsp3) is 0.562. The highest BCUT2D eigenvalue weighted by molar-refractivity contribution is 5.78. The highest BCUT2D eigenvalue weighted by Gasteiger charge is 2.46. The van der Waals surface area contributed by atoms with Gasteiger partial charge in [-0.2, -0.15) is 0 Å². The number of hydrogen-bond donors (Lipinski definition) is 0. The molecule has 0 aliphatic carbocycles. The molecule has 1 atom stereocenters. The zero-order valence-corrected chi connectivity index (χ0v) is 11.5. The third-order valence-electron chi connectivity index (χ3n) is 4.83. The van der Waals surface area contributed by atoms with E-state index in [1.165, 1.54) is 11.1 Å². The van der Waals surface area contributed by atoms with Crippen molar-refractivity contribution >= 4 is 5.91 Å². The van der Waals surface area contributed by atoms with Crippen LogP contribution in [0.25, 0.3) is 0 Å². The molecule has 4 rings (SSSR count). The summed E-state index contributed by atoms with van der Waals surface area (Å²) in [5.74, 6) is -0.202. The standard InChI is InChI=1S/C16H19NO3/c18-15-6-5-14-9-16(7-8-17(14)15)19-10-12-3-1-2-4-13(12)11-20-16/h1-4,14H,5-11H2. The highest BCUT2D eigenvalue weighted by atomic mass is 16.7. The molecule has 2 saturated heterocycles. The van der Waals surface area contributed by atoms with Crippen LogP contribution in [-0.4, -0.2) is 29.2 Å². The predicted molar refractivity (Wildman–Crippen MR) is 72.7 cm³/mol. The van der Waals surface area contributed by atoms with Gasteiger partial charge in [-0.15, -0.1) is 0 Å². The molecule has 106 valence electrons. The van der Waals surface area contributed by atoms with Crippen molar-refractivity contribution in [3.05, 3.63) is 35.4 Å². The number of fused-ring (bicyclic) bond motifs is 2. The zero-order valence-electron chi connectivity index (χ0n) is 11.5. The van der Waals surface area contributed by atoms with E-state index in [1.807, 2.05) is 17.0 Å². The molecular formula is C16H19NO3. The van der Waals surface area contributed by atoms with Crippen molar-refractivity contribution in [2.24, 2.45) is 0 Å². The Kier molecular flexibility index (Phi) is 2.82. The molecule has 0 radical (unpaired) electrons.